The summed E-state index contributed by atoms with van der Waals surface area (Å²) in [6, 6.07) is 0.976. The van der Waals surface area contributed by atoms with E-state index in [0.29, 0.717) is 5.50 Å². The van der Waals surface area contributed by atoms with Crippen LogP contribution in [0.3, 0.4) is 0 Å². The van der Waals surface area contributed by atoms with Crippen LogP contribution >= 0.6 is 11.6 Å². The predicted octanol–water partition coefficient (Wildman–Crippen LogP) is 1.91. The van der Waals surface area contributed by atoms with Crippen molar-refractivity contribution in [3.05, 3.63) is 0 Å². The zero-order chi connectivity index (χ0) is 8.04. The van der Waals surface area contributed by atoms with Crippen LogP contribution in [0.4, 0.5) is 0 Å². The molecule has 0 aliphatic carbocycles. The van der Waals surface area contributed by atoms with Crippen molar-refractivity contribution in [2.45, 2.75) is 19.4 Å². The molecule has 0 bridgehead atoms. The Hall–Kier alpha value is 0.427. The van der Waals surface area contributed by atoms with E-state index in [0.717, 1.165) is 12.5 Å². The summed E-state index contributed by atoms with van der Waals surface area (Å²) >= 11 is 5.72. The second kappa shape index (κ2) is 5.13. The molecule has 0 amide bonds. The van der Waals surface area contributed by atoms with Gasteiger partial charge in [0.15, 0.2) is 0 Å². The highest BCUT2D eigenvalue weighted by Gasteiger charge is 2.32. The van der Waals surface area contributed by atoms with Gasteiger partial charge in [-0.05, 0) is 6.04 Å². The predicted molar refractivity (Wildman–Crippen MR) is 45.6 cm³/mol. The fourth-order valence-corrected chi connectivity index (χ4v) is 3.59. The molecule has 0 spiro atoms. The zero-order valence-corrected chi connectivity index (χ0v) is 8.57. The van der Waals surface area contributed by atoms with Gasteiger partial charge in [-0.25, -0.2) is 0 Å². The van der Waals surface area contributed by atoms with Gasteiger partial charge in [-0.1, -0.05) is 13.3 Å². The maximum atomic E-state index is 5.72. The van der Waals surface area contributed by atoms with Crippen LogP contribution in [0.25, 0.3) is 0 Å². The lowest BCUT2D eigenvalue weighted by atomic mass is 10.6. The molecule has 0 heterocycles. The summed E-state index contributed by atoms with van der Waals surface area (Å²) in [6.45, 7) is 2.10. The second-order valence-electron chi connectivity index (χ2n) is 2.20. The lowest BCUT2D eigenvalue weighted by Gasteiger charge is -2.23. The average Bonchev–Trinajstić information content (AvgIpc) is 2.01. The third-order valence-corrected chi connectivity index (χ3v) is 5.96. The van der Waals surface area contributed by atoms with Crippen molar-refractivity contribution in [3.63, 3.8) is 0 Å². The highest BCUT2D eigenvalue weighted by Crippen LogP contribution is 2.15. The van der Waals surface area contributed by atoms with Crippen molar-refractivity contribution in [1.29, 1.82) is 0 Å². The first-order chi connectivity index (χ1) is 4.74. The summed E-state index contributed by atoms with van der Waals surface area (Å²) in [7, 11) is 1.40. The van der Waals surface area contributed by atoms with Crippen LogP contribution < -0.4 is 0 Å². The van der Waals surface area contributed by atoms with Crippen LogP contribution in [-0.4, -0.2) is 28.3 Å². The standard InChI is InChI=1S/C6H15ClO2Si/c1-4-5-10(6-7,8-2)9-3/h4-6H2,1-3H3. The van der Waals surface area contributed by atoms with Crippen molar-refractivity contribution in [3.8, 4) is 0 Å². The maximum Gasteiger partial charge on any atom is 0.352 e. The summed E-state index contributed by atoms with van der Waals surface area (Å²) < 4.78 is 10.5. The molecule has 0 saturated carbocycles. The van der Waals surface area contributed by atoms with E-state index in [1.54, 1.807) is 14.2 Å². The number of rotatable bonds is 5. The molecule has 0 aliphatic rings. The van der Waals surface area contributed by atoms with Crippen molar-refractivity contribution in [2.75, 3.05) is 19.7 Å². The Bertz CT molecular complexity index is 77.6. The maximum absolute atomic E-state index is 5.72. The third-order valence-electron chi connectivity index (χ3n) is 1.58. The topological polar surface area (TPSA) is 18.5 Å². The van der Waals surface area contributed by atoms with Gasteiger partial charge in [0.1, 0.15) is 0 Å². The van der Waals surface area contributed by atoms with Gasteiger partial charge in [0.25, 0.3) is 0 Å². The second-order valence-corrected chi connectivity index (χ2v) is 6.41. The minimum absolute atomic E-state index is 0.522. The highest BCUT2D eigenvalue weighted by molar-refractivity contribution is 6.74. The smallest absolute Gasteiger partial charge is 0.352 e. The molecule has 10 heavy (non-hydrogen) atoms. The van der Waals surface area contributed by atoms with Gasteiger partial charge in [0, 0.05) is 14.2 Å². The van der Waals surface area contributed by atoms with Crippen molar-refractivity contribution < 1.29 is 8.85 Å². The molecule has 0 aromatic carbocycles. The quantitative estimate of drug-likeness (QED) is 0.478. The Morgan fingerprint density at radius 1 is 1.30 bits per heavy atom. The zero-order valence-electron chi connectivity index (χ0n) is 6.82. The Morgan fingerprint density at radius 3 is 1.90 bits per heavy atom. The Kier molecular flexibility index (Phi) is 5.35. The van der Waals surface area contributed by atoms with Gasteiger partial charge in [0.05, 0.1) is 5.50 Å². The van der Waals surface area contributed by atoms with E-state index in [4.69, 9.17) is 20.5 Å². The molecule has 0 unspecified atom stereocenters. The summed E-state index contributed by atoms with van der Waals surface area (Å²) in [5.74, 6) is 0. The third kappa shape index (κ3) is 2.58. The molecular formula is C6H15ClO2Si. The van der Waals surface area contributed by atoms with Crippen molar-refractivity contribution >= 4 is 20.2 Å². The Morgan fingerprint density at radius 2 is 1.80 bits per heavy atom. The van der Waals surface area contributed by atoms with Gasteiger partial charge < -0.3 is 8.85 Å². The van der Waals surface area contributed by atoms with Crippen LogP contribution in [-0.2, 0) is 8.85 Å². The van der Waals surface area contributed by atoms with E-state index in [2.05, 4.69) is 6.92 Å². The minimum Gasteiger partial charge on any atom is -0.397 e. The molecule has 62 valence electrons. The van der Waals surface area contributed by atoms with Crippen LogP contribution in [0.15, 0.2) is 0 Å². The molecule has 0 radical (unpaired) electrons. The number of halogens is 1. The largest absolute Gasteiger partial charge is 0.397 e. The highest BCUT2D eigenvalue weighted by atomic mass is 35.5. The first-order valence-electron chi connectivity index (χ1n) is 3.41. The van der Waals surface area contributed by atoms with Crippen LogP contribution in [0.1, 0.15) is 13.3 Å². The fourth-order valence-electron chi connectivity index (χ4n) is 0.844. The summed E-state index contributed by atoms with van der Waals surface area (Å²) in [4.78, 5) is 0. The Balaban J connectivity index is 3.87. The van der Waals surface area contributed by atoms with Crippen LogP contribution in [0.5, 0.6) is 0 Å². The number of hydrogen-bond acceptors (Lipinski definition) is 2. The molecule has 2 nitrogen and oxygen atoms in total. The minimum atomic E-state index is -1.95. The molecule has 0 rings (SSSR count). The lowest BCUT2D eigenvalue weighted by molar-refractivity contribution is 0.247. The molecule has 0 aromatic heterocycles. The van der Waals surface area contributed by atoms with E-state index in [9.17, 15) is 0 Å². The normalized spacial score (nSPS) is 12.0. The summed E-state index contributed by atoms with van der Waals surface area (Å²) in [5.41, 5.74) is 0.522. The SMILES string of the molecule is CCC[Si](CCl)(OC)OC. The average molecular weight is 183 g/mol. The van der Waals surface area contributed by atoms with Crippen LogP contribution in [0.2, 0.25) is 6.04 Å². The van der Waals surface area contributed by atoms with Gasteiger partial charge in [-0.15, -0.1) is 11.6 Å². The number of alkyl halides is 1. The van der Waals surface area contributed by atoms with Gasteiger partial charge in [0.2, 0.25) is 0 Å². The monoisotopic (exact) mass is 182 g/mol. The molecule has 0 saturated heterocycles. The first-order valence-corrected chi connectivity index (χ1v) is 6.17. The molecule has 0 fully saturated rings. The molecule has 4 heteroatoms. The van der Waals surface area contributed by atoms with E-state index >= 15 is 0 Å². The van der Waals surface area contributed by atoms with Gasteiger partial charge in [-0.3, -0.25) is 0 Å². The van der Waals surface area contributed by atoms with E-state index in [-0.39, 0.29) is 0 Å². The van der Waals surface area contributed by atoms with Gasteiger partial charge in [-0.2, -0.15) is 0 Å². The summed E-state index contributed by atoms with van der Waals surface area (Å²) in [6.07, 6.45) is 1.07. The number of hydrogen-bond donors (Lipinski definition) is 0. The molecule has 0 N–H and O–H groups in total. The Labute approximate surface area is 68.7 Å². The summed E-state index contributed by atoms with van der Waals surface area (Å²) in [5, 5.41) is 0. The molecular weight excluding hydrogens is 168 g/mol. The van der Waals surface area contributed by atoms with E-state index in [1.807, 2.05) is 0 Å². The molecule has 0 aromatic rings. The van der Waals surface area contributed by atoms with Crippen LogP contribution in [0, 0.1) is 0 Å². The fraction of sp³-hybridized carbons (Fsp3) is 1.00. The lowest BCUT2D eigenvalue weighted by Crippen LogP contribution is -2.42. The van der Waals surface area contributed by atoms with E-state index in [1.165, 1.54) is 0 Å². The molecule has 0 aliphatic heterocycles. The van der Waals surface area contributed by atoms with Gasteiger partial charge >= 0.3 is 8.56 Å². The molecule has 0 atom stereocenters. The first kappa shape index (κ1) is 10.4. The van der Waals surface area contributed by atoms with E-state index < -0.39 is 8.56 Å². The van der Waals surface area contributed by atoms with Crippen molar-refractivity contribution in [1.82, 2.24) is 0 Å². The van der Waals surface area contributed by atoms with Crippen molar-refractivity contribution in [2.24, 2.45) is 0 Å².